The number of aliphatic hydroxyl groups excluding tert-OH is 1. The van der Waals surface area contributed by atoms with Crippen molar-refractivity contribution in [3.05, 3.63) is 0 Å². The van der Waals surface area contributed by atoms with Crippen LogP contribution in [0.1, 0.15) is 52.4 Å². The van der Waals surface area contributed by atoms with Gasteiger partial charge in [0.25, 0.3) is 0 Å². The highest BCUT2D eigenvalue weighted by molar-refractivity contribution is 7.80. The lowest BCUT2D eigenvalue weighted by atomic mass is 9.88. The van der Waals surface area contributed by atoms with E-state index in [0.29, 0.717) is 11.0 Å². The molecule has 0 aromatic heterocycles. The first-order valence-electron chi connectivity index (χ1n) is 7.12. The molecule has 0 saturated heterocycles. The standard InChI is InChI=1S/C14H28N2OS/c1-14(2,13(15)18)8-5-9-16(10-11-17)12-6-3-4-7-12/h12,17H,3-11H2,1-2H3,(H2,15,18). The molecule has 0 heterocycles. The number of aliphatic hydroxyl groups is 1. The van der Waals surface area contributed by atoms with Gasteiger partial charge in [0.05, 0.1) is 11.6 Å². The van der Waals surface area contributed by atoms with Crippen molar-refractivity contribution in [3.8, 4) is 0 Å². The molecule has 3 N–H and O–H groups in total. The zero-order valence-corrected chi connectivity index (χ0v) is 12.6. The van der Waals surface area contributed by atoms with E-state index in [1.165, 1.54) is 25.7 Å². The lowest BCUT2D eigenvalue weighted by Gasteiger charge is -2.30. The summed E-state index contributed by atoms with van der Waals surface area (Å²) in [6, 6.07) is 0.685. The first-order valence-corrected chi connectivity index (χ1v) is 7.53. The Morgan fingerprint density at radius 2 is 1.94 bits per heavy atom. The molecule has 0 bridgehead atoms. The molecule has 1 aliphatic rings. The van der Waals surface area contributed by atoms with Crippen molar-refractivity contribution in [1.29, 1.82) is 0 Å². The second-order valence-electron chi connectivity index (χ2n) is 6.05. The van der Waals surface area contributed by atoms with Crippen LogP contribution < -0.4 is 5.73 Å². The molecule has 0 atom stereocenters. The molecule has 0 radical (unpaired) electrons. The topological polar surface area (TPSA) is 49.5 Å². The minimum absolute atomic E-state index is 0.0457. The summed E-state index contributed by atoms with van der Waals surface area (Å²) in [5, 5.41) is 9.16. The van der Waals surface area contributed by atoms with E-state index in [1.807, 2.05) is 0 Å². The number of nitrogens with zero attached hydrogens (tertiary/aromatic N) is 1. The zero-order chi connectivity index (χ0) is 13.6. The SMILES string of the molecule is CC(C)(CCCN(CCO)C1CCCC1)C(N)=S. The van der Waals surface area contributed by atoms with Gasteiger partial charge in [-0.1, -0.05) is 38.9 Å². The average molecular weight is 272 g/mol. The molecule has 3 nitrogen and oxygen atoms in total. The highest BCUT2D eigenvalue weighted by Gasteiger charge is 2.24. The number of hydrogen-bond acceptors (Lipinski definition) is 3. The van der Waals surface area contributed by atoms with E-state index in [0.717, 1.165) is 25.9 Å². The van der Waals surface area contributed by atoms with Crippen LogP contribution in [-0.4, -0.2) is 40.7 Å². The second-order valence-corrected chi connectivity index (χ2v) is 6.49. The van der Waals surface area contributed by atoms with Crippen LogP contribution in [0.15, 0.2) is 0 Å². The maximum atomic E-state index is 9.16. The maximum Gasteiger partial charge on any atom is 0.0784 e. The van der Waals surface area contributed by atoms with E-state index >= 15 is 0 Å². The molecule has 0 spiro atoms. The Labute approximate surface area is 117 Å². The van der Waals surface area contributed by atoms with Crippen molar-refractivity contribution >= 4 is 17.2 Å². The lowest BCUT2D eigenvalue weighted by Crippen LogP contribution is -2.37. The minimum atomic E-state index is -0.0457. The Hall–Kier alpha value is -0.190. The lowest BCUT2D eigenvalue weighted by molar-refractivity contribution is 0.146. The Morgan fingerprint density at radius 3 is 2.44 bits per heavy atom. The molecule has 106 valence electrons. The van der Waals surface area contributed by atoms with E-state index in [9.17, 15) is 0 Å². The van der Waals surface area contributed by atoms with Crippen molar-refractivity contribution < 1.29 is 5.11 Å². The molecule has 0 aromatic carbocycles. The van der Waals surface area contributed by atoms with Crippen molar-refractivity contribution in [3.63, 3.8) is 0 Å². The highest BCUT2D eigenvalue weighted by atomic mass is 32.1. The molecule has 18 heavy (non-hydrogen) atoms. The normalized spacial score (nSPS) is 17.6. The molecule has 1 rings (SSSR count). The van der Waals surface area contributed by atoms with Crippen molar-refractivity contribution in [2.45, 2.75) is 58.4 Å². The third-order valence-electron chi connectivity index (χ3n) is 4.14. The minimum Gasteiger partial charge on any atom is -0.395 e. The number of thiocarbonyl (C=S) groups is 1. The molecule has 0 aromatic rings. The second kappa shape index (κ2) is 7.41. The summed E-state index contributed by atoms with van der Waals surface area (Å²) in [4.78, 5) is 3.06. The van der Waals surface area contributed by atoms with Gasteiger partial charge in [0.1, 0.15) is 0 Å². The predicted molar refractivity (Wildman–Crippen MR) is 80.7 cm³/mol. The van der Waals surface area contributed by atoms with Crippen molar-refractivity contribution in [1.82, 2.24) is 4.90 Å². The third-order valence-corrected chi connectivity index (χ3v) is 4.70. The third kappa shape index (κ3) is 4.82. The fraction of sp³-hybridized carbons (Fsp3) is 0.929. The molecule has 1 saturated carbocycles. The van der Waals surface area contributed by atoms with Crippen LogP contribution in [0.3, 0.4) is 0 Å². The van der Waals surface area contributed by atoms with Crippen LogP contribution >= 0.6 is 12.2 Å². The summed E-state index contributed by atoms with van der Waals surface area (Å²) in [6.07, 6.45) is 7.38. The summed E-state index contributed by atoms with van der Waals surface area (Å²) >= 11 is 5.09. The van der Waals surface area contributed by atoms with Gasteiger partial charge in [-0.3, -0.25) is 4.90 Å². The van der Waals surface area contributed by atoms with Gasteiger partial charge in [0.15, 0.2) is 0 Å². The van der Waals surface area contributed by atoms with Gasteiger partial charge < -0.3 is 10.8 Å². The largest absolute Gasteiger partial charge is 0.395 e. The van der Waals surface area contributed by atoms with E-state index < -0.39 is 0 Å². The monoisotopic (exact) mass is 272 g/mol. The van der Waals surface area contributed by atoms with E-state index in [2.05, 4.69) is 18.7 Å². The van der Waals surface area contributed by atoms with Gasteiger partial charge in [0.2, 0.25) is 0 Å². The van der Waals surface area contributed by atoms with Crippen LogP contribution in [-0.2, 0) is 0 Å². The van der Waals surface area contributed by atoms with Crippen molar-refractivity contribution in [2.24, 2.45) is 11.1 Å². The maximum absolute atomic E-state index is 9.16. The van der Waals surface area contributed by atoms with E-state index in [1.54, 1.807) is 0 Å². The number of rotatable bonds is 8. The van der Waals surface area contributed by atoms with Crippen LogP contribution in [0.2, 0.25) is 0 Å². The Bertz CT molecular complexity index is 263. The van der Waals surface area contributed by atoms with E-state index in [4.69, 9.17) is 23.1 Å². The van der Waals surface area contributed by atoms with Gasteiger partial charge in [-0.2, -0.15) is 0 Å². The fourth-order valence-corrected chi connectivity index (χ4v) is 2.82. The van der Waals surface area contributed by atoms with Gasteiger partial charge in [0, 0.05) is 18.0 Å². The molecule has 0 unspecified atom stereocenters. The average Bonchev–Trinajstić information content (AvgIpc) is 2.80. The zero-order valence-electron chi connectivity index (χ0n) is 11.8. The molecular weight excluding hydrogens is 244 g/mol. The first-order chi connectivity index (χ1) is 8.47. The summed E-state index contributed by atoms with van der Waals surface area (Å²) in [5.74, 6) is 0. The quantitative estimate of drug-likeness (QED) is 0.666. The number of nitrogens with two attached hydrogens (primary N) is 1. The van der Waals surface area contributed by atoms with Gasteiger partial charge in [-0.15, -0.1) is 0 Å². The van der Waals surface area contributed by atoms with Crippen molar-refractivity contribution in [2.75, 3.05) is 19.7 Å². The van der Waals surface area contributed by atoms with Crippen LogP contribution in [0.25, 0.3) is 0 Å². The summed E-state index contributed by atoms with van der Waals surface area (Å²) in [5.41, 5.74) is 5.70. The molecular formula is C14H28N2OS. The molecule has 1 aliphatic carbocycles. The Kier molecular flexibility index (Phi) is 6.53. The molecule has 1 fully saturated rings. The van der Waals surface area contributed by atoms with Crippen LogP contribution in [0, 0.1) is 5.41 Å². The smallest absolute Gasteiger partial charge is 0.0784 e. The first kappa shape index (κ1) is 15.9. The van der Waals surface area contributed by atoms with Crippen LogP contribution in [0.5, 0.6) is 0 Å². The van der Waals surface area contributed by atoms with Gasteiger partial charge >= 0.3 is 0 Å². The highest BCUT2D eigenvalue weighted by Crippen LogP contribution is 2.26. The van der Waals surface area contributed by atoms with Gasteiger partial charge in [-0.05, 0) is 32.2 Å². The summed E-state index contributed by atoms with van der Waals surface area (Å²) < 4.78 is 0. The van der Waals surface area contributed by atoms with E-state index in [-0.39, 0.29) is 12.0 Å². The van der Waals surface area contributed by atoms with Crippen LogP contribution in [0.4, 0.5) is 0 Å². The van der Waals surface area contributed by atoms with Gasteiger partial charge in [-0.25, -0.2) is 0 Å². The Balaban J connectivity index is 2.35. The fourth-order valence-electron chi connectivity index (χ4n) is 2.72. The molecule has 0 aliphatic heterocycles. The number of hydrogen-bond donors (Lipinski definition) is 2. The Morgan fingerprint density at radius 1 is 1.33 bits per heavy atom. The summed E-state index contributed by atoms with van der Waals surface area (Å²) in [6.45, 7) is 6.34. The molecule has 4 heteroatoms. The summed E-state index contributed by atoms with van der Waals surface area (Å²) in [7, 11) is 0. The molecule has 0 amide bonds. The predicted octanol–water partition coefficient (Wildman–Crippen LogP) is 2.32.